The molecule has 9 rings (SSSR count). The summed E-state index contributed by atoms with van der Waals surface area (Å²) < 4.78 is 21.0. The van der Waals surface area contributed by atoms with Gasteiger partial charge in [-0.15, -0.1) is 11.3 Å². The number of hydrogen-bond donors (Lipinski definition) is 0. The standard InChI is InChI=1S/C41H26FN3S/c1-43-35(33-18-9-16-31-32-17-10-19-34(42)41(32)46-40(31)33)20-11-25-44-36-21-7-5-14-27(36)29-23-24-30-28-15-6-8-22-37(28)45(39(30)38(29)44)26-12-3-2-4-13-26/h2-25H,1H2/b25-11-,35-20-. The lowest BCUT2D eigenvalue weighted by Crippen LogP contribution is -1.96. The Morgan fingerprint density at radius 3 is 2.02 bits per heavy atom. The van der Waals surface area contributed by atoms with Crippen LogP contribution in [-0.2, 0) is 0 Å². The zero-order valence-electron chi connectivity index (χ0n) is 24.7. The van der Waals surface area contributed by atoms with Gasteiger partial charge in [-0.3, -0.25) is 4.99 Å². The molecule has 0 aliphatic carbocycles. The summed E-state index contributed by atoms with van der Waals surface area (Å²) in [6.45, 7) is 3.91. The lowest BCUT2D eigenvalue weighted by Gasteiger charge is -2.10. The summed E-state index contributed by atoms with van der Waals surface area (Å²) in [6, 6.07) is 43.6. The zero-order chi connectivity index (χ0) is 30.8. The van der Waals surface area contributed by atoms with Crippen molar-refractivity contribution >= 4 is 93.7 Å². The number of halogens is 1. The Kier molecular flexibility index (Phi) is 6.02. The molecule has 0 fully saturated rings. The second-order valence-corrected chi connectivity index (χ2v) is 12.4. The molecule has 218 valence electrons. The Hall–Kier alpha value is -5.78. The number of hydrogen-bond acceptors (Lipinski definition) is 2. The minimum atomic E-state index is -0.202. The van der Waals surface area contributed by atoms with Crippen molar-refractivity contribution in [2.45, 2.75) is 0 Å². The first-order chi connectivity index (χ1) is 22.7. The largest absolute Gasteiger partial charge is 0.314 e. The van der Waals surface area contributed by atoms with Crippen molar-refractivity contribution < 1.29 is 4.39 Å². The SMILES string of the molecule is C=N/C(=C\C=C/n1c2ccccc2c2ccc3c4ccccc4n(-c4ccccc4)c3c21)c1cccc2c1sc1c(F)cccc12. The van der Waals surface area contributed by atoms with Gasteiger partial charge < -0.3 is 9.13 Å². The highest BCUT2D eigenvalue weighted by atomic mass is 32.1. The van der Waals surface area contributed by atoms with E-state index in [0.717, 1.165) is 49.0 Å². The molecule has 0 amide bonds. The minimum Gasteiger partial charge on any atom is -0.314 e. The van der Waals surface area contributed by atoms with Gasteiger partial charge >= 0.3 is 0 Å². The van der Waals surface area contributed by atoms with Crippen LogP contribution in [0.1, 0.15) is 5.56 Å². The van der Waals surface area contributed by atoms with Crippen molar-refractivity contribution in [2.75, 3.05) is 0 Å². The molecule has 5 heteroatoms. The van der Waals surface area contributed by atoms with Gasteiger partial charge in [-0.05, 0) is 49.2 Å². The van der Waals surface area contributed by atoms with Gasteiger partial charge in [0.15, 0.2) is 0 Å². The van der Waals surface area contributed by atoms with Gasteiger partial charge in [-0.1, -0.05) is 97.1 Å². The van der Waals surface area contributed by atoms with E-state index in [0.29, 0.717) is 4.70 Å². The third kappa shape index (κ3) is 3.85. The molecule has 3 heterocycles. The van der Waals surface area contributed by atoms with Gasteiger partial charge in [-0.2, -0.15) is 0 Å². The van der Waals surface area contributed by atoms with Crippen LogP contribution in [0, 0.1) is 5.82 Å². The molecule has 0 aliphatic heterocycles. The minimum absolute atomic E-state index is 0.202. The molecule has 0 atom stereocenters. The van der Waals surface area contributed by atoms with Crippen molar-refractivity contribution in [1.82, 2.24) is 9.13 Å². The van der Waals surface area contributed by atoms with Crippen LogP contribution in [0.5, 0.6) is 0 Å². The summed E-state index contributed by atoms with van der Waals surface area (Å²) in [5.74, 6) is -0.202. The number of nitrogens with zero attached hydrogens (tertiary/aromatic N) is 3. The van der Waals surface area contributed by atoms with Gasteiger partial charge in [0.25, 0.3) is 0 Å². The van der Waals surface area contributed by atoms with Crippen LogP contribution in [0.4, 0.5) is 4.39 Å². The van der Waals surface area contributed by atoms with Gasteiger partial charge in [0, 0.05) is 54.5 Å². The highest BCUT2D eigenvalue weighted by molar-refractivity contribution is 7.26. The van der Waals surface area contributed by atoms with E-state index in [9.17, 15) is 4.39 Å². The number of allylic oxidation sites excluding steroid dienone is 2. The van der Waals surface area contributed by atoms with Gasteiger partial charge in [-0.25, -0.2) is 4.39 Å². The fourth-order valence-corrected chi connectivity index (χ4v) is 8.20. The Balaban J connectivity index is 1.30. The second-order valence-electron chi connectivity index (χ2n) is 11.4. The number of thiophene rings is 1. The van der Waals surface area contributed by atoms with Crippen molar-refractivity contribution in [2.24, 2.45) is 4.99 Å². The maximum atomic E-state index is 14.7. The molecule has 0 bridgehead atoms. The lowest BCUT2D eigenvalue weighted by atomic mass is 10.1. The number of para-hydroxylation sites is 3. The average Bonchev–Trinajstić information content (AvgIpc) is 3.76. The molecule has 0 unspecified atom stereocenters. The summed E-state index contributed by atoms with van der Waals surface area (Å²) in [5.41, 5.74) is 7.38. The molecule has 3 aromatic heterocycles. The normalized spacial score (nSPS) is 12.6. The predicted molar refractivity (Wildman–Crippen MR) is 196 cm³/mol. The Morgan fingerprint density at radius 1 is 0.609 bits per heavy atom. The van der Waals surface area contributed by atoms with Gasteiger partial charge in [0.05, 0.1) is 32.5 Å². The smallest absolute Gasteiger partial charge is 0.141 e. The monoisotopic (exact) mass is 611 g/mol. The summed E-state index contributed by atoms with van der Waals surface area (Å²) in [5, 5.41) is 6.75. The molecule has 46 heavy (non-hydrogen) atoms. The Labute approximate surface area is 268 Å². The second kappa shape index (κ2) is 10.4. The topological polar surface area (TPSA) is 22.2 Å². The third-order valence-corrected chi connectivity index (χ3v) is 10.2. The summed E-state index contributed by atoms with van der Waals surface area (Å²) >= 11 is 1.46. The molecule has 0 N–H and O–H groups in total. The number of fused-ring (bicyclic) bond motifs is 10. The van der Waals surface area contributed by atoms with E-state index >= 15 is 0 Å². The van der Waals surface area contributed by atoms with Crippen LogP contribution >= 0.6 is 11.3 Å². The molecule has 3 nitrogen and oxygen atoms in total. The fraction of sp³-hybridized carbons (Fsp3) is 0. The third-order valence-electron chi connectivity index (χ3n) is 8.93. The maximum Gasteiger partial charge on any atom is 0.141 e. The van der Waals surface area contributed by atoms with Crippen molar-refractivity contribution in [3.8, 4) is 5.69 Å². The van der Waals surface area contributed by atoms with E-state index in [4.69, 9.17) is 0 Å². The van der Waals surface area contributed by atoms with Crippen molar-refractivity contribution in [1.29, 1.82) is 0 Å². The van der Waals surface area contributed by atoms with E-state index in [2.05, 4.69) is 118 Å². The fourth-order valence-electron chi connectivity index (χ4n) is 6.97. The summed E-state index contributed by atoms with van der Waals surface area (Å²) in [4.78, 5) is 4.44. The van der Waals surface area contributed by atoms with E-state index < -0.39 is 0 Å². The number of benzene rings is 6. The van der Waals surface area contributed by atoms with Crippen LogP contribution in [0.2, 0.25) is 0 Å². The highest BCUT2D eigenvalue weighted by Crippen LogP contribution is 2.41. The number of rotatable bonds is 5. The zero-order valence-corrected chi connectivity index (χ0v) is 25.5. The summed E-state index contributed by atoms with van der Waals surface area (Å²) in [7, 11) is 0. The molecule has 9 aromatic rings. The molecule has 0 saturated heterocycles. The van der Waals surface area contributed by atoms with Crippen LogP contribution in [-0.4, -0.2) is 15.9 Å². The van der Waals surface area contributed by atoms with E-state index in [1.54, 1.807) is 6.07 Å². The quantitative estimate of drug-likeness (QED) is 0.136. The lowest BCUT2D eigenvalue weighted by molar-refractivity contribution is 0.642. The molecular formula is C41H26FN3S. The Morgan fingerprint density at radius 2 is 1.24 bits per heavy atom. The van der Waals surface area contributed by atoms with Gasteiger partial charge in [0.2, 0.25) is 0 Å². The highest BCUT2D eigenvalue weighted by Gasteiger charge is 2.19. The first-order valence-electron chi connectivity index (χ1n) is 15.2. The number of aromatic nitrogens is 2. The van der Waals surface area contributed by atoms with E-state index in [1.807, 2.05) is 36.4 Å². The molecule has 0 saturated carbocycles. The van der Waals surface area contributed by atoms with Crippen LogP contribution in [0.25, 0.3) is 81.4 Å². The first kappa shape index (κ1) is 26.6. The Bertz CT molecular complexity index is 2720. The maximum absolute atomic E-state index is 14.7. The van der Waals surface area contributed by atoms with Crippen molar-refractivity contribution in [3.05, 3.63) is 151 Å². The molecule has 0 spiro atoms. The predicted octanol–water partition coefficient (Wildman–Crippen LogP) is 11.6. The van der Waals surface area contributed by atoms with Gasteiger partial charge in [0.1, 0.15) is 5.82 Å². The van der Waals surface area contributed by atoms with E-state index in [-0.39, 0.29) is 5.82 Å². The molecule has 6 aromatic carbocycles. The molecular weight excluding hydrogens is 586 g/mol. The van der Waals surface area contributed by atoms with Crippen LogP contribution in [0.3, 0.4) is 0 Å². The van der Waals surface area contributed by atoms with Crippen LogP contribution in [0.15, 0.2) is 145 Å². The average molecular weight is 612 g/mol. The number of aliphatic imine (C=N–C) groups is 1. The van der Waals surface area contributed by atoms with Crippen molar-refractivity contribution in [3.63, 3.8) is 0 Å². The van der Waals surface area contributed by atoms with E-state index in [1.165, 1.54) is 44.5 Å². The first-order valence-corrected chi connectivity index (χ1v) is 16.0. The summed E-state index contributed by atoms with van der Waals surface area (Å²) in [6.07, 6.45) is 6.15. The molecule has 0 radical (unpaired) electrons. The van der Waals surface area contributed by atoms with Crippen LogP contribution < -0.4 is 0 Å². The molecule has 0 aliphatic rings.